The third-order valence-corrected chi connectivity index (χ3v) is 1.65. The molecule has 0 bridgehead atoms. The average molecular weight is 192 g/mol. The van der Waals surface area contributed by atoms with Crippen molar-refractivity contribution < 1.29 is 13.2 Å². The smallest absolute Gasteiger partial charge is 0.322 e. The molecule has 1 heterocycles. The van der Waals surface area contributed by atoms with E-state index in [2.05, 4.69) is 4.98 Å². The predicted octanol–water partition coefficient (Wildman–Crippen LogP) is 2.66. The molecule has 1 aromatic heterocycles. The Hall–Kier alpha value is -1.00. The fourth-order valence-electron chi connectivity index (χ4n) is 1.04. The molecule has 0 spiro atoms. The van der Waals surface area contributed by atoms with E-state index in [1.54, 1.807) is 20.8 Å². The Kier molecular flexibility index (Phi) is 2.13. The normalized spacial score (nSPS) is 13.4. The maximum Gasteiger partial charge on any atom is 0.433 e. The number of hydrogen-bond donors (Lipinski definition) is 0. The molecule has 0 radical (unpaired) electrons. The van der Waals surface area contributed by atoms with Crippen LogP contribution in [0.25, 0.3) is 0 Å². The van der Waals surface area contributed by atoms with Gasteiger partial charge in [0.1, 0.15) is 5.69 Å². The van der Waals surface area contributed by atoms with Gasteiger partial charge in [0.2, 0.25) is 0 Å². The van der Waals surface area contributed by atoms with E-state index < -0.39 is 17.4 Å². The summed E-state index contributed by atoms with van der Waals surface area (Å²) in [4.78, 5) is 3.50. The molecular formula is C8H11F3N2. The Morgan fingerprint density at radius 2 is 1.77 bits per heavy atom. The van der Waals surface area contributed by atoms with Crippen molar-refractivity contribution in [2.45, 2.75) is 32.5 Å². The minimum Gasteiger partial charge on any atom is -0.322 e. The van der Waals surface area contributed by atoms with Crippen molar-refractivity contribution >= 4 is 0 Å². The van der Waals surface area contributed by atoms with Gasteiger partial charge in [-0.2, -0.15) is 13.2 Å². The van der Waals surface area contributed by atoms with Crippen LogP contribution in [0.3, 0.4) is 0 Å². The minimum atomic E-state index is -4.33. The maximum atomic E-state index is 12.4. The zero-order valence-corrected chi connectivity index (χ0v) is 7.68. The van der Waals surface area contributed by atoms with Gasteiger partial charge in [0.15, 0.2) is 0 Å². The summed E-state index contributed by atoms with van der Waals surface area (Å²) in [6.45, 7) is 5.10. The van der Waals surface area contributed by atoms with E-state index in [4.69, 9.17) is 0 Å². The number of aromatic nitrogens is 2. The Morgan fingerprint density at radius 1 is 1.23 bits per heavy atom. The number of alkyl halides is 3. The lowest BCUT2D eigenvalue weighted by Gasteiger charge is -2.24. The number of hydrogen-bond acceptors (Lipinski definition) is 1. The molecule has 0 aromatic carbocycles. The molecule has 0 fully saturated rings. The van der Waals surface area contributed by atoms with Crippen molar-refractivity contribution in [2.75, 3.05) is 0 Å². The van der Waals surface area contributed by atoms with E-state index in [9.17, 15) is 13.2 Å². The van der Waals surface area contributed by atoms with Gasteiger partial charge in [0, 0.05) is 5.54 Å². The summed E-state index contributed by atoms with van der Waals surface area (Å²) in [7, 11) is 0. The van der Waals surface area contributed by atoms with Crippen LogP contribution in [0.5, 0.6) is 0 Å². The van der Waals surface area contributed by atoms with Gasteiger partial charge < -0.3 is 4.57 Å². The van der Waals surface area contributed by atoms with Crippen LogP contribution in [-0.4, -0.2) is 9.55 Å². The first-order chi connectivity index (χ1) is 5.73. The number of imidazole rings is 1. The number of nitrogens with zero attached hydrogens (tertiary/aromatic N) is 2. The van der Waals surface area contributed by atoms with E-state index in [0.29, 0.717) is 0 Å². The van der Waals surface area contributed by atoms with Gasteiger partial charge in [0.05, 0.1) is 12.5 Å². The standard InChI is InChI=1S/C8H11F3N2/c1-7(2,3)13-5-12-4-6(13)8(9,10)11/h4-5H,1-3H3. The van der Waals surface area contributed by atoms with Crippen molar-refractivity contribution in [1.82, 2.24) is 9.55 Å². The molecule has 0 aliphatic rings. The molecule has 74 valence electrons. The van der Waals surface area contributed by atoms with Crippen molar-refractivity contribution in [2.24, 2.45) is 0 Å². The topological polar surface area (TPSA) is 17.8 Å². The first-order valence-corrected chi connectivity index (χ1v) is 3.83. The second kappa shape index (κ2) is 2.75. The predicted molar refractivity (Wildman–Crippen MR) is 42.2 cm³/mol. The lowest BCUT2D eigenvalue weighted by Crippen LogP contribution is -2.26. The van der Waals surface area contributed by atoms with Crippen LogP contribution in [0.15, 0.2) is 12.5 Å². The van der Waals surface area contributed by atoms with E-state index >= 15 is 0 Å². The van der Waals surface area contributed by atoms with Crippen molar-refractivity contribution in [3.05, 3.63) is 18.2 Å². The molecular weight excluding hydrogens is 181 g/mol. The van der Waals surface area contributed by atoms with Gasteiger partial charge in [-0.05, 0) is 20.8 Å². The molecule has 5 heteroatoms. The molecule has 0 aliphatic carbocycles. The van der Waals surface area contributed by atoms with Crippen LogP contribution >= 0.6 is 0 Å². The Labute approximate surface area is 74.4 Å². The average Bonchev–Trinajstić information content (AvgIpc) is 2.27. The van der Waals surface area contributed by atoms with Gasteiger partial charge in [-0.1, -0.05) is 0 Å². The van der Waals surface area contributed by atoms with Gasteiger partial charge in [-0.25, -0.2) is 4.98 Å². The summed E-state index contributed by atoms with van der Waals surface area (Å²) in [5.41, 5.74) is -1.30. The highest BCUT2D eigenvalue weighted by Crippen LogP contribution is 2.31. The van der Waals surface area contributed by atoms with Crippen LogP contribution in [0.1, 0.15) is 26.5 Å². The van der Waals surface area contributed by atoms with E-state index in [-0.39, 0.29) is 0 Å². The third kappa shape index (κ3) is 2.02. The minimum absolute atomic E-state index is 0.596. The SMILES string of the molecule is CC(C)(C)n1cncc1C(F)(F)F. The zero-order valence-electron chi connectivity index (χ0n) is 7.68. The molecule has 0 saturated heterocycles. The Morgan fingerprint density at radius 3 is 2.08 bits per heavy atom. The summed E-state index contributed by atoms with van der Waals surface area (Å²) in [5, 5.41) is 0. The van der Waals surface area contributed by atoms with E-state index in [0.717, 1.165) is 10.8 Å². The Balaban J connectivity index is 3.19. The lowest BCUT2D eigenvalue weighted by molar-refractivity contribution is -0.145. The monoisotopic (exact) mass is 192 g/mol. The fraction of sp³-hybridized carbons (Fsp3) is 0.625. The van der Waals surface area contributed by atoms with Gasteiger partial charge in [0.25, 0.3) is 0 Å². The van der Waals surface area contributed by atoms with Crippen LogP contribution in [-0.2, 0) is 11.7 Å². The summed E-state index contributed by atoms with van der Waals surface area (Å²) in [5.74, 6) is 0. The molecule has 0 aliphatic heterocycles. The maximum absolute atomic E-state index is 12.4. The second-order valence-electron chi connectivity index (χ2n) is 3.82. The van der Waals surface area contributed by atoms with Crippen LogP contribution in [0.4, 0.5) is 13.2 Å². The quantitative estimate of drug-likeness (QED) is 0.617. The molecule has 13 heavy (non-hydrogen) atoms. The summed E-state index contributed by atoms with van der Waals surface area (Å²) in [6, 6.07) is 0. The largest absolute Gasteiger partial charge is 0.433 e. The zero-order chi connectivity index (χ0) is 10.3. The molecule has 1 rings (SSSR count). The van der Waals surface area contributed by atoms with Gasteiger partial charge >= 0.3 is 6.18 Å². The first kappa shape index (κ1) is 10.1. The second-order valence-corrected chi connectivity index (χ2v) is 3.82. The number of halogens is 3. The molecule has 0 amide bonds. The van der Waals surface area contributed by atoms with Crippen molar-refractivity contribution in [3.8, 4) is 0 Å². The van der Waals surface area contributed by atoms with Crippen LogP contribution in [0.2, 0.25) is 0 Å². The van der Waals surface area contributed by atoms with Crippen LogP contribution in [0, 0.1) is 0 Å². The van der Waals surface area contributed by atoms with Gasteiger partial charge in [-0.15, -0.1) is 0 Å². The summed E-state index contributed by atoms with van der Waals surface area (Å²) >= 11 is 0. The van der Waals surface area contributed by atoms with Gasteiger partial charge in [-0.3, -0.25) is 0 Å². The molecule has 0 atom stereocenters. The number of rotatable bonds is 0. The Bertz CT molecular complexity index is 265. The van der Waals surface area contributed by atoms with Crippen molar-refractivity contribution in [3.63, 3.8) is 0 Å². The lowest BCUT2D eigenvalue weighted by atomic mass is 10.1. The molecule has 1 aromatic rings. The first-order valence-electron chi connectivity index (χ1n) is 3.83. The summed E-state index contributed by atoms with van der Waals surface area (Å²) < 4.78 is 38.2. The third-order valence-electron chi connectivity index (χ3n) is 1.65. The molecule has 0 saturated carbocycles. The van der Waals surface area contributed by atoms with Crippen molar-refractivity contribution in [1.29, 1.82) is 0 Å². The molecule has 0 N–H and O–H groups in total. The highest BCUT2D eigenvalue weighted by molar-refractivity contribution is 5.06. The van der Waals surface area contributed by atoms with Crippen LogP contribution < -0.4 is 0 Å². The fourth-order valence-corrected chi connectivity index (χ4v) is 1.04. The highest BCUT2D eigenvalue weighted by atomic mass is 19.4. The molecule has 2 nitrogen and oxygen atoms in total. The van der Waals surface area contributed by atoms with E-state index in [1.165, 1.54) is 6.33 Å². The molecule has 0 unspecified atom stereocenters. The summed E-state index contributed by atoms with van der Waals surface area (Å²) in [6.07, 6.45) is -2.29. The highest BCUT2D eigenvalue weighted by Gasteiger charge is 2.36. The van der Waals surface area contributed by atoms with E-state index in [1.807, 2.05) is 0 Å².